The molecule has 0 fully saturated rings. The van der Waals surface area contributed by atoms with Crippen molar-refractivity contribution in [2.45, 2.75) is 17.2 Å². The maximum absolute atomic E-state index is 12.7. The fraction of sp³-hybridized carbons (Fsp3) is 0.182. The van der Waals surface area contributed by atoms with Gasteiger partial charge in [0.1, 0.15) is 11.6 Å². The van der Waals surface area contributed by atoms with Crippen LogP contribution in [0, 0.1) is 5.82 Å². The van der Waals surface area contributed by atoms with Gasteiger partial charge in [0.15, 0.2) is 0 Å². The quantitative estimate of drug-likeness (QED) is 0.802. The van der Waals surface area contributed by atoms with Crippen molar-refractivity contribution in [1.29, 1.82) is 0 Å². The summed E-state index contributed by atoms with van der Waals surface area (Å²) >= 11 is 1.60. The highest BCUT2D eigenvalue weighted by Gasteiger charge is 2.00. The van der Waals surface area contributed by atoms with Crippen LogP contribution in [0.4, 0.5) is 4.39 Å². The first-order valence-electron chi connectivity index (χ1n) is 4.89. The molecule has 0 saturated carbocycles. The molecule has 0 aliphatic carbocycles. The standard InChI is InChI=1S/C11H12FN3S/c12-8-1-3-10(4-2-8)16-7-11-14-6-9(5-13)15-11/h1-4,6H,5,7,13H2,(H,14,15). The van der Waals surface area contributed by atoms with Crippen molar-refractivity contribution in [2.24, 2.45) is 5.73 Å². The number of thioether (sulfide) groups is 1. The molecule has 1 heterocycles. The first-order chi connectivity index (χ1) is 7.78. The van der Waals surface area contributed by atoms with E-state index in [1.54, 1.807) is 30.1 Å². The Kier molecular flexibility index (Phi) is 3.58. The van der Waals surface area contributed by atoms with E-state index in [9.17, 15) is 4.39 Å². The molecule has 0 saturated heterocycles. The average molecular weight is 237 g/mol. The number of H-pyrrole nitrogens is 1. The van der Waals surface area contributed by atoms with Crippen LogP contribution in [-0.2, 0) is 12.3 Å². The molecule has 2 aromatic rings. The number of benzene rings is 1. The van der Waals surface area contributed by atoms with E-state index in [0.717, 1.165) is 22.2 Å². The van der Waals surface area contributed by atoms with Gasteiger partial charge in [-0.25, -0.2) is 9.37 Å². The van der Waals surface area contributed by atoms with Crippen LogP contribution in [0.2, 0.25) is 0 Å². The number of nitrogens with zero attached hydrogens (tertiary/aromatic N) is 1. The number of nitrogens with two attached hydrogens (primary N) is 1. The number of nitrogens with one attached hydrogen (secondary N) is 1. The van der Waals surface area contributed by atoms with Crippen molar-refractivity contribution in [2.75, 3.05) is 0 Å². The maximum atomic E-state index is 12.7. The summed E-state index contributed by atoms with van der Waals surface area (Å²) in [5.74, 6) is 1.40. The molecule has 2 rings (SSSR count). The molecule has 0 unspecified atom stereocenters. The lowest BCUT2D eigenvalue weighted by Crippen LogP contribution is -1.96. The Morgan fingerprint density at radius 1 is 1.31 bits per heavy atom. The van der Waals surface area contributed by atoms with Crippen LogP contribution in [0.5, 0.6) is 0 Å². The summed E-state index contributed by atoms with van der Waals surface area (Å²) in [7, 11) is 0. The fourth-order valence-corrected chi connectivity index (χ4v) is 2.04. The van der Waals surface area contributed by atoms with Crippen LogP contribution < -0.4 is 5.73 Å². The molecule has 0 spiro atoms. The third-order valence-corrected chi connectivity index (χ3v) is 3.11. The molecule has 0 aliphatic rings. The molecule has 16 heavy (non-hydrogen) atoms. The van der Waals surface area contributed by atoms with Crippen LogP contribution in [0.25, 0.3) is 0 Å². The number of halogens is 1. The molecule has 0 aliphatic heterocycles. The largest absolute Gasteiger partial charge is 0.344 e. The summed E-state index contributed by atoms with van der Waals surface area (Å²) in [6, 6.07) is 6.42. The Labute approximate surface area is 97.3 Å². The minimum atomic E-state index is -0.215. The zero-order chi connectivity index (χ0) is 11.4. The van der Waals surface area contributed by atoms with Crippen molar-refractivity contribution in [3.05, 3.63) is 47.8 Å². The predicted molar refractivity (Wildman–Crippen MR) is 62.4 cm³/mol. The van der Waals surface area contributed by atoms with Gasteiger partial charge in [-0.05, 0) is 24.3 Å². The molecule has 0 radical (unpaired) electrons. The highest BCUT2D eigenvalue weighted by molar-refractivity contribution is 7.98. The van der Waals surface area contributed by atoms with Crippen LogP contribution in [0.1, 0.15) is 11.5 Å². The molecular weight excluding hydrogens is 225 g/mol. The SMILES string of the molecule is NCc1cnc(CSc2ccc(F)cc2)[nH]1. The molecule has 0 atom stereocenters. The third-order valence-electron chi connectivity index (χ3n) is 2.09. The molecule has 84 valence electrons. The molecule has 5 heteroatoms. The van der Waals surface area contributed by atoms with E-state index in [-0.39, 0.29) is 5.82 Å². The van der Waals surface area contributed by atoms with Gasteiger partial charge in [-0.3, -0.25) is 0 Å². The van der Waals surface area contributed by atoms with E-state index in [0.29, 0.717) is 6.54 Å². The van der Waals surface area contributed by atoms with E-state index >= 15 is 0 Å². The molecule has 3 nitrogen and oxygen atoms in total. The maximum Gasteiger partial charge on any atom is 0.123 e. The first-order valence-corrected chi connectivity index (χ1v) is 5.87. The van der Waals surface area contributed by atoms with Crippen LogP contribution in [0.15, 0.2) is 35.4 Å². The molecule has 1 aromatic heterocycles. The first kappa shape index (κ1) is 11.2. The third kappa shape index (κ3) is 2.84. The van der Waals surface area contributed by atoms with E-state index in [4.69, 9.17) is 5.73 Å². The second-order valence-corrected chi connectivity index (χ2v) is 4.35. The van der Waals surface area contributed by atoms with Gasteiger partial charge in [0, 0.05) is 23.3 Å². The smallest absolute Gasteiger partial charge is 0.123 e. The van der Waals surface area contributed by atoms with Crippen LogP contribution in [0.3, 0.4) is 0 Å². The summed E-state index contributed by atoms with van der Waals surface area (Å²) in [6.07, 6.45) is 1.74. The van der Waals surface area contributed by atoms with E-state index in [1.165, 1.54) is 12.1 Å². The van der Waals surface area contributed by atoms with Crippen molar-refractivity contribution in [1.82, 2.24) is 9.97 Å². The van der Waals surface area contributed by atoms with Gasteiger partial charge < -0.3 is 10.7 Å². The van der Waals surface area contributed by atoms with Crippen LogP contribution >= 0.6 is 11.8 Å². The van der Waals surface area contributed by atoms with Crippen molar-refractivity contribution >= 4 is 11.8 Å². The number of hydrogen-bond donors (Lipinski definition) is 2. The number of aromatic amines is 1. The molecule has 0 bridgehead atoms. The minimum Gasteiger partial charge on any atom is -0.344 e. The number of rotatable bonds is 4. The van der Waals surface area contributed by atoms with E-state index in [2.05, 4.69) is 9.97 Å². The second-order valence-electron chi connectivity index (χ2n) is 3.30. The summed E-state index contributed by atoms with van der Waals surface area (Å²) in [5.41, 5.74) is 6.39. The van der Waals surface area contributed by atoms with Gasteiger partial charge in [0.2, 0.25) is 0 Å². The molecular formula is C11H12FN3S. The Morgan fingerprint density at radius 3 is 2.69 bits per heavy atom. The lowest BCUT2D eigenvalue weighted by molar-refractivity contribution is 0.626. The normalized spacial score (nSPS) is 10.6. The monoisotopic (exact) mass is 237 g/mol. The van der Waals surface area contributed by atoms with Gasteiger partial charge in [0.25, 0.3) is 0 Å². The van der Waals surface area contributed by atoms with Crippen molar-refractivity contribution < 1.29 is 4.39 Å². The Morgan fingerprint density at radius 2 is 2.06 bits per heavy atom. The summed E-state index contributed by atoms with van der Waals surface area (Å²) < 4.78 is 12.7. The zero-order valence-corrected chi connectivity index (χ0v) is 9.43. The lowest BCUT2D eigenvalue weighted by atomic mass is 10.4. The van der Waals surface area contributed by atoms with Gasteiger partial charge >= 0.3 is 0 Å². The number of aromatic nitrogens is 2. The number of hydrogen-bond acceptors (Lipinski definition) is 3. The summed E-state index contributed by atoms with van der Waals surface area (Å²) in [5, 5.41) is 0. The molecule has 0 amide bonds. The van der Waals surface area contributed by atoms with Gasteiger partial charge in [0.05, 0.1) is 5.75 Å². The Balaban J connectivity index is 1.94. The van der Waals surface area contributed by atoms with Crippen molar-refractivity contribution in [3.63, 3.8) is 0 Å². The second kappa shape index (κ2) is 5.14. The summed E-state index contributed by atoms with van der Waals surface area (Å²) in [4.78, 5) is 8.32. The summed E-state index contributed by atoms with van der Waals surface area (Å²) in [6.45, 7) is 0.466. The van der Waals surface area contributed by atoms with E-state index < -0.39 is 0 Å². The van der Waals surface area contributed by atoms with Gasteiger partial charge in [-0.1, -0.05) is 0 Å². The molecule has 3 N–H and O–H groups in total. The topological polar surface area (TPSA) is 54.7 Å². The zero-order valence-electron chi connectivity index (χ0n) is 8.61. The Hall–Kier alpha value is -1.33. The minimum absolute atomic E-state index is 0.215. The molecule has 1 aromatic carbocycles. The predicted octanol–water partition coefficient (Wildman–Crippen LogP) is 2.30. The average Bonchev–Trinajstić information content (AvgIpc) is 2.76. The number of imidazole rings is 1. The van der Waals surface area contributed by atoms with Gasteiger partial charge in [-0.15, -0.1) is 11.8 Å². The highest BCUT2D eigenvalue weighted by Crippen LogP contribution is 2.21. The van der Waals surface area contributed by atoms with Gasteiger partial charge in [-0.2, -0.15) is 0 Å². The highest BCUT2D eigenvalue weighted by atomic mass is 32.2. The Bertz CT molecular complexity index is 453. The van der Waals surface area contributed by atoms with Crippen LogP contribution in [-0.4, -0.2) is 9.97 Å². The fourth-order valence-electron chi connectivity index (χ4n) is 1.27. The lowest BCUT2D eigenvalue weighted by Gasteiger charge is -1.98. The van der Waals surface area contributed by atoms with E-state index in [1.807, 2.05) is 0 Å². The van der Waals surface area contributed by atoms with Crippen molar-refractivity contribution in [3.8, 4) is 0 Å².